The number of halogens is 1. The molecule has 2 aromatic carbocycles. The second-order valence-electron chi connectivity index (χ2n) is 5.80. The molecule has 0 saturated carbocycles. The fourth-order valence-electron chi connectivity index (χ4n) is 2.73. The van der Waals surface area contributed by atoms with Gasteiger partial charge in [0.2, 0.25) is 0 Å². The van der Waals surface area contributed by atoms with Crippen molar-refractivity contribution in [2.45, 2.75) is 6.42 Å². The second kappa shape index (κ2) is 6.61. The number of rotatable bonds is 3. The first-order valence-electron chi connectivity index (χ1n) is 7.96. The Morgan fingerprint density at radius 1 is 1.08 bits per heavy atom. The van der Waals surface area contributed by atoms with Crippen molar-refractivity contribution in [1.29, 1.82) is 0 Å². The molecule has 0 N–H and O–H groups in total. The van der Waals surface area contributed by atoms with E-state index in [-0.39, 0.29) is 17.8 Å². The molecule has 1 amide bonds. The molecule has 1 aliphatic rings. The predicted molar refractivity (Wildman–Crippen MR) is 103 cm³/mol. The Morgan fingerprint density at radius 2 is 1.88 bits per heavy atom. The summed E-state index contributed by atoms with van der Waals surface area (Å²) in [5, 5.41) is 6.56. The summed E-state index contributed by atoms with van der Waals surface area (Å²) in [5.41, 5.74) is 1.94. The van der Waals surface area contributed by atoms with Gasteiger partial charge in [-0.05, 0) is 42.5 Å². The number of para-hydroxylation sites is 1. The zero-order valence-electron chi connectivity index (χ0n) is 13.6. The highest BCUT2D eigenvalue weighted by atomic mass is 35.5. The van der Waals surface area contributed by atoms with Crippen molar-refractivity contribution in [2.75, 3.05) is 5.01 Å². The average molecular weight is 365 g/mol. The first kappa shape index (κ1) is 16.3. The highest BCUT2D eigenvalue weighted by molar-refractivity contribution is 6.31. The number of carbonyl (C=O) groups excluding carboxylic acids is 1. The smallest absolute Gasteiger partial charge is 0.253 e. The minimum absolute atomic E-state index is 0.117. The Balaban J connectivity index is 1.64. The Morgan fingerprint density at radius 3 is 2.69 bits per heavy atom. The van der Waals surface area contributed by atoms with E-state index in [1.165, 1.54) is 11.3 Å². The van der Waals surface area contributed by atoms with E-state index in [1.54, 1.807) is 30.4 Å². The number of hydrogen-bond acceptors (Lipinski definition) is 4. The number of carbonyl (C=O) groups is 1. The van der Waals surface area contributed by atoms with Crippen molar-refractivity contribution < 1.29 is 9.21 Å². The lowest BCUT2D eigenvalue weighted by molar-refractivity contribution is -0.116. The molecule has 0 fully saturated rings. The van der Waals surface area contributed by atoms with Gasteiger partial charge in [0.15, 0.2) is 5.43 Å². The van der Waals surface area contributed by atoms with Crippen LogP contribution in [-0.4, -0.2) is 11.6 Å². The van der Waals surface area contributed by atoms with Crippen molar-refractivity contribution in [3.05, 3.63) is 81.7 Å². The van der Waals surface area contributed by atoms with Crippen molar-refractivity contribution in [2.24, 2.45) is 5.10 Å². The molecule has 6 heteroatoms. The molecular weight excluding hydrogens is 352 g/mol. The second-order valence-corrected chi connectivity index (χ2v) is 6.24. The van der Waals surface area contributed by atoms with Gasteiger partial charge < -0.3 is 4.42 Å². The van der Waals surface area contributed by atoms with E-state index in [0.717, 1.165) is 0 Å². The van der Waals surface area contributed by atoms with Gasteiger partial charge in [-0.25, -0.2) is 5.01 Å². The minimum atomic E-state index is -0.185. The quantitative estimate of drug-likeness (QED) is 0.697. The van der Waals surface area contributed by atoms with Gasteiger partial charge in [0.25, 0.3) is 5.91 Å². The van der Waals surface area contributed by atoms with Crippen LogP contribution < -0.4 is 10.4 Å². The van der Waals surface area contributed by atoms with Crippen molar-refractivity contribution >= 4 is 46.0 Å². The van der Waals surface area contributed by atoms with Crippen LogP contribution in [0.1, 0.15) is 12.0 Å². The summed E-state index contributed by atoms with van der Waals surface area (Å²) in [7, 11) is 0. The van der Waals surface area contributed by atoms with E-state index in [1.807, 2.05) is 30.3 Å². The standard InChI is InChI=1S/C20H13ClN2O3/c21-14-7-9-18-17(10-14)20(25)13(12-26-18)6-8-15-11-19(24)23(22-15)16-4-2-1-3-5-16/h1-10,12H,11H2/b8-6+. The molecule has 128 valence electrons. The summed E-state index contributed by atoms with van der Waals surface area (Å²) < 4.78 is 5.48. The number of nitrogens with zero attached hydrogens (tertiary/aromatic N) is 2. The van der Waals surface area contributed by atoms with Crippen LogP contribution in [0.25, 0.3) is 17.0 Å². The Labute approximate surface area is 153 Å². The zero-order valence-corrected chi connectivity index (χ0v) is 14.3. The number of allylic oxidation sites excluding steroid dienone is 1. The third kappa shape index (κ3) is 3.05. The summed E-state index contributed by atoms with van der Waals surface area (Å²) in [6.07, 6.45) is 4.83. The first-order valence-corrected chi connectivity index (χ1v) is 8.34. The molecule has 2 heterocycles. The fourth-order valence-corrected chi connectivity index (χ4v) is 2.90. The molecule has 4 rings (SSSR count). The maximum Gasteiger partial charge on any atom is 0.253 e. The fraction of sp³-hybridized carbons (Fsp3) is 0.0500. The summed E-state index contributed by atoms with van der Waals surface area (Å²) in [6, 6.07) is 14.1. The lowest BCUT2D eigenvalue weighted by atomic mass is 10.1. The lowest BCUT2D eigenvalue weighted by Gasteiger charge is -2.10. The number of hydrazone groups is 1. The van der Waals surface area contributed by atoms with Crippen LogP contribution >= 0.6 is 11.6 Å². The van der Waals surface area contributed by atoms with Gasteiger partial charge >= 0.3 is 0 Å². The molecule has 0 spiro atoms. The predicted octanol–water partition coefficient (Wildman–Crippen LogP) is 4.25. The van der Waals surface area contributed by atoms with Gasteiger partial charge in [0, 0.05) is 5.02 Å². The SMILES string of the molecule is O=C1CC(/C=C/c2coc3ccc(Cl)cc3c2=O)=NN1c1ccccc1. The van der Waals surface area contributed by atoms with Crippen LogP contribution in [-0.2, 0) is 4.79 Å². The third-order valence-corrected chi connectivity index (χ3v) is 4.25. The first-order chi connectivity index (χ1) is 12.6. The number of fused-ring (bicyclic) bond motifs is 1. The number of benzene rings is 2. The molecule has 0 saturated heterocycles. The van der Waals surface area contributed by atoms with Gasteiger partial charge in [-0.2, -0.15) is 5.10 Å². The molecule has 0 bridgehead atoms. The van der Waals surface area contributed by atoms with Gasteiger partial charge in [-0.1, -0.05) is 29.8 Å². The highest BCUT2D eigenvalue weighted by Crippen LogP contribution is 2.21. The topological polar surface area (TPSA) is 62.9 Å². The van der Waals surface area contributed by atoms with Crippen LogP contribution in [0.5, 0.6) is 0 Å². The van der Waals surface area contributed by atoms with Crippen LogP contribution in [0.4, 0.5) is 5.69 Å². The summed E-state index contributed by atoms with van der Waals surface area (Å²) in [6.45, 7) is 0. The zero-order chi connectivity index (χ0) is 18.1. The normalized spacial score (nSPS) is 14.4. The summed E-state index contributed by atoms with van der Waals surface area (Å²) in [4.78, 5) is 24.7. The van der Waals surface area contributed by atoms with Gasteiger partial charge in [0.1, 0.15) is 11.8 Å². The molecule has 3 aromatic rings. The van der Waals surface area contributed by atoms with Crippen molar-refractivity contribution in [3.63, 3.8) is 0 Å². The summed E-state index contributed by atoms with van der Waals surface area (Å²) in [5.74, 6) is -0.117. The monoisotopic (exact) mass is 364 g/mol. The van der Waals surface area contributed by atoms with Crippen LogP contribution in [0.3, 0.4) is 0 Å². The largest absolute Gasteiger partial charge is 0.463 e. The van der Waals surface area contributed by atoms with E-state index < -0.39 is 0 Å². The Kier molecular flexibility index (Phi) is 4.14. The molecule has 0 aliphatic carbocycles. The minimum Gasteiger partial charge on any atom is -0.463 e. The lowest BCUT2D eigenvalue weighted by Crippen LogP contribution is -2.19. The van der Waals surface area contributed by atoms with Crippen molar-refractivity contribution in [3.8, 4) is 0 Å². The molecular formula is C20H13ClN2O3. The van der Waals surface area contributed by atoms with E-state index in [2.05, 4.69) is 5.10 Å². The Bertz CT molecular complexity index is 1120. The molecule has 0 atom stereocenters. The van der Waals surface area contributed by atoms with Crippen LogP contribution in [0.2, 0.25) is 5.02 Å². The molecule has 1 aromatic heterocycles. The van der Waals surface area contributed by atoms with Gasteiger partial charge in [-0.3, -0.25) is 9.59 Å². The third-order valence-electron chi connectivity index (χ3n) is 4.01. The van der Waals surface area contributed by atoms with E-state index >= 15 is 0 Å². The van der Waals surface area contributed by atoms with Gasteiger partial charge in [0.05, 0.1) is 28.8 Å². The number of amides is 1. The maximum atomic E-state index is 12.5. The average Bonchev–Trinajstić information content (AvgIpc) is 3.03. The molecule has 0 unspecified atom stereocenters. The highest BCUT2D eigenvalue weighted by Gasteiger charge is 2.23. The molecule has 26 heavy (non-hydrogen) atoms. The maximum absolute atomic E-state index is 12.5. The number of anilines is 1. The molecule has 5 nitrogen and oxygen atoms in total. The van der Waals surface area contributed by atoms with Gasteiger partial charge in [-0.15, -0.1) is 0 Å². The summed E-state index contributed by atoms with van der Waals surface area (Å²) >= 11 is 5.95. The molecule has 1 aliphatic heterocycles. The van der Waals surface area contributed by atoms with Crippen molar-refractivity contribution in [1.82, 2.24) is 0 Å². The van der Waals surface area contributed by atoms with Crippen LogP contribution in [0, 0.1) is 0 Å². The van der Waals surface area contributed by atoms with E-state index in [9.17, 15) is 9.59 Å². The number of hydrogen-bond donors (Lipinski definition) is 0. The van der Waals surface area contributed by atoms with E-state index in [0.29, 0.717) is 33.0 Å². The van der Waals surface area contributed by atoms with E-state index in [4.69, 9.17) is 16.0 Å². The molecule has 0 radical (unpaired) electrons. The van der Waals surface area contributed by atoms with Crippen LogP contribution in [0.15, 0.2) is 75.2 Å². The Hall–Kier alpha value is -3.18.